The number of aliphatic hydroxyl groups is 1. The van der Waals surface area contributed by atoms with Crippen molar-refractivity contribution in [2.24, 2.45) is 5.41 Å². The Bertz CT molecular complexity index is 1080. The normalized spacial score (nSPS) is 16.8. The number of aliphatic hydroxyl groups excluding tert-OH is 1. The van der Waals surface area contributed by atoms with E-state index >= 15 is 0 Å². The zero-order valence-electron chi connectivity index (χ0n) is 21.9. The highest BCUT2D eigenvalue weighted by molar-refractivity contribution is 5.94. The molecule has 1 N–H and O–H groups in total. The summed E-state index contributed by atoms with van der Waals surface area (Å²) in [7, 11) is 1.69. The molecule has 0 atom stereocenters. The average Bonchev–Trinajstić information content (AvgIpc) is 2.87. The first-order valence-electron chi connectivity index (χ1n) is 12.8. The van der Waals surface area contributed by atoms with Gasteiger partial charge in [-0.1, -0.05) is 39.0 Å². The number of benzene rings is 2. The monoisotopic (exact) mass is 494 g/mol. The van der Waals surface area contributed by atoms with E-state index in [-0.39, 0.29) is 29.6 Å². The van der Waals surface area contributed by atoms with Crippen LogP contribution in [0.15, 0.2) is 42.5 Å². The van der Waals surface area contributed by atoms with Crippen LogP contribution in [0.4, 0.5) is 4.79 Å². The maximum absolute atomic E-state index is 12.4. The minimum atomic E-state index is -0.228. The van der Waals surface area contributed by atoms with Crippen molar-refractivity contribution < 1.29 is 24.2 Å². The van der Waals surface area contributed by atoms with Gasteiger partial charge in [0.15, 0.2) is 0 Å². The van der Waals surface area contributed by atoms with Crippen molar-refractivity contribution >= 4 is 12.0 Å². The van der Waals surface area contributed by atoms with Gasteiger partial charge in [0.1, 0.15) is 11.4 Å². The molecule has 2 aromatic rings. The number of likely N-dealkylation sites (N-methyl/N-ethyl adjacent to an activating group) is 1. The van der Waals surface area contributed by atoms with Crippen LogP contribution in [0.1, 0.15) is 56.0 Å². The fourth-order valence-electron chi connectivity index (χ4n) is 4.80. The molecule has 2 amide bonds. The summed E-state index contributed by atoms with van der Waals surface area (Å²) in [5.74, 6) is 0.819. The number of hydrogen-bond donors (Lipinski definition) is 1. The summed E-state index contributed by atoms with van der Waals surface area (Å²) >= 11 is 0. The lowest BCUT2D eigenvalue weighted by Crippen LogP contribution is -2.51. The number of amides is 2. The minimum Gasteiger partial charge on any atom is -0.487 e. The molecule has 1 saturated heterocycles. The van der Waals surface area contributed by atoms with E-state index in [0.717, 1.165) is 42.6 Å². The number of rotatable bonds is 5. The third-order valence-corrected chi connectivity index (χ3v) is 7.05. The lowest BCUT2D eigenvalue weighted by atomic mass is 9.82. The highest BCUT2D eigenvalue weighted by atomic mass is 16.6. The predicted octanol–water partition coefficient (Wildman–Crippen LogP) is 4.76. The first kappa shape index (κ1) is 26.0. The molecule has 7 nitrogen and oxygen atoms in total. The molecule has 0 aromatic heterocycles. The molecule has 1 fully saturated rings. The summed E-state index contributed by atoms with van der Waals surface area (Å²) in [6.45, 7) is 8.14. The molecule has 2 aliphatic heterocycles. The van der Waals surface area contributed by atoms with Gasteiger partial charge in [0.25, 0.3) is 5.91 Å². The second kappa shape index (κ2) is 10.5. The molecule has 0 aliphatic carbocycles. The van der Waals surface area contributed by atoms with Crippen LogP contribution in [-0.2, 0) is 11.2 Å². The van der Waals surface area contributed by atoms with E-state index < -0.39 is 0 Å². The highest BCUT2D eigenvalue weighted by Gasteiger charge is 2.41. The van der Waals surface area contributed by atoms with E-state index in [9.17, 15) is 9.59 Å². The Hall–Kier alpha value is -3.06. The first-order chi connectivity index (χ1) is 17.1. The van der Waals surface area contributed by atoms with Crippen molar-refractivity contribution in [3.63, 3.8) is 0 Å². The summed E-state index contributed by atoms with van der Waals surface area (Å²) in [5, 5.41) is 9.06. The number of carbonyl (C=O) groups excluding carboxylic acids is 2. The number of piperidine rings is 1. The number of fused-ring (bicyclic) bond motifs is 1. The Kier molecular flexibility index (Phi) is 7.59. The fraction of sp³-hybridized carbons (Fsp3) is 0.517. The van der Waals surface area contributed by atoms with E-state index in [2.05, 4.69) is 32.9 Å². The van der Waals surface area contributed by atoms with Gasteiger partial charge in [-0.25, -0.2) is 4.79 Å². The van der Waals surface area contributed by atoms with Crippen LogP contribution < -0.4 is 4.74 Å². The largest absolute Gasteiger partial charge is 0.487 e. The Balaban J connectivity index is 1.37. The molecular formula is C29H38N2O5. The SMILES string of the molecule is CN(CCO)C(=O)c1ccc(-c2ccc3c(c2)CCC2(CCN(C(=O)OCC(C)(C)C)CC2)O3)cc1. The molecule has 0 saturated carbocycles. The van der Waals surface area contributed by atoms with Crippen molar-refractivity contribution in [3.8, 4) is 16.9 Å². The van der Waals surface area contributed by atoms with Gasteiger partial charge in [-0.15, -0.1) is 0 Å². The molecule has 0 unspecified atom stereocenters. The van der Waals surface area contributed by atoms with Gasteiger partial charge in [0.05, 0.1) is 13.2 Å². The van der Waals surface area contributed by atoms with Crippen LogP contribution in [0.3, 0.4) is 0 Å². The van der Waals surface area contributed by atoms with Crippen molar-refractivity contribution in [1.82, 2.24) is 9.80 Å². The third kappa shape index (κ3) is 6.01. The van der Waals surface area contributed by atoms with Crippen LogP contribution in [0.25, 0.3) is 11.1 Å². The number of likely N-dealkylation sites (tertiary alicyclic amines) is 1. The van der Waals surface area contributed by atoms with Gasteiger partial charge in [0, 0.05) is 45.1 Å². The minimum absolute atomic E-state index is 0.0435. The quantitative estimate of drug-likeness (QED) is 0.648. The molecule has 0 bridgehead atoms. The van der Waals surface area contributed by atoms with Crippen LogP contribution in [0.2, 0.25) is 0 Å². The third-order valence-electron chi connectivity index (χ3n) is 7.05. The first-order valence-corrected chi connectivity index (χ1v) is 12.8. The molecule has 1 spiro atoms. The Morgan fingerprint density at radius 1 is 1.06 bits per heavy atom. The van der Waals surface area contributed by atoms with E-state index in [1.807, 2.05) is 30.3 Å². The average molecular weight is 495 g/mol. The van der Waals surface area contributed by atoms with Crippen molar-refractivity contribution in [1.29, 1.82) is 0 Å². The van der Waals surface area contributed by atoms with Crippen LogP contribution >= 0.6 is 0 Å². The molecule has 7 heteroatoms. The van der Waals surface area contributed by atoms with E-state index in [1.54, 1.807) is 11.9 Å². The smallest absolute Gasteiger partial charge is 0.409 e. The summed E-state index contributed by atoms with van der Waals surface area (Å²) in [6, 6.07) is 13.9. The molecule has 4 rings (SSSR count). The number of aryl methyl sites for hydroxylation is 1. The van der Waals surface area contributed by atoms with Crippen molar-refractivity contribution in [2.75, 3.05) is 39.9 Å². The maximum Gasteiger partial charge on any atom is 0.409 e. The van der Waals surface area contributed by atoms with Gasteiger partial charge in [-0.3, -0.25) is 4.79 Å². The number of ether oxygens (including phenoxy) is 2. The van der Waals surface area contributed by atoms with E-state index in [1.165, 1.54) is 10.5 Å². The fourth-order valence-corrected chi connectivity index (χ4v) is 4.80. The summed E-state index contributed by atoms with van der Waals surface area (Å²) in [5.41, 5.74) is 3.66. The predicted molar refractivity (Wildman–Crippen MR) is 139 cm³/mol. The number of carbonyl (C=O) groups is 2. The van der Waals surface area contributed by atoms with Crippen LogP contribution in [0, 0.1) is 5.41 Å². The van der Waals surface area contributed by atoms with E-state index in [4.69, 9.17) is 14.6 Å². The van der Waals surface area contributed by atoms with Crippen LogP contribution in [0.5, 0.6) is 5.75 Å². The molecule has 2 aliphatic rings. The molecule has 2 aromatic carbocycles. The topological polar surface area (TPSA) is 79.3 Å². The zero-order chi connectivity index (χ0) is 25.9. The lowest BCUT2D eigenvalue weighted by Gasteiger charge is -2.44. The summed E-state index contributed by atoms with van der Waals surface area (Å²) < 4.78 is 12.0. The molecule has 36 heavy (non-hydrogen) atoms. The second-order valence-corrected chi connectivity index (χ2v) is 11.2. The van der Waals surface area contributed by atoms with Gasteiger partial charge < -0.3 is 24.4 Å². The van der Waals surface area contributed by atoms with Gasteiger partial charge >= 0.3 is 6.09 Å². The number of hydrogen-bond acceptors (Lipinski definition) is 5. The standard InChI is InChI=1S/C29H38N2O5/c1-28(2,3)20-35-27(34)31-15-13-29(14-16-31)12-11-24-19-23(9-10-25(24)36-29)21-5-7-22(8-6-21)26(33)30(4)17-18-32/h5-10,19,32H,11-18,20H2,1-4H3. The molecule has 2 heterocycles. The summed E-state index contributed by atoms with van der Waals surface area (Å²) in [4.78, 5) is 28.2. The molecular weight excluding hydrogens is 456 g/mol. The van der Waals surface area contributed by atoms with Crippen molar-refractivity contribution in [3.05, 3.63) is 53.6 Å². The van der Waals surface area contributed by atoms with Crippen molar-refractivity contribution in [2.45, 2.75) is 52.1 Å². The Morgan fingerprint density at radius 3 is 2.36 bits per heavy atom. The lowest BCUT2D eigenvalue weighted by molar-refractivity contribution is -0.0171. The Labute approximate surface area is 214 Å². The van der Waals surface area contributed by atoms with Gasteiger partial charge in [0.2, 0.25) is 0 Å². The Morgan fingerprint density at radius 2 is 1.72 bits per heavy atom. The van der Waals surface area contributed by atoms with Crippen LogP contribution in [-0.4, -0.2) is 72.4 Å². The van der Waals surface area contributed by atoms with E-state index in [0.29, 0.717) is 31.8 Å². The molecule has 194 valence electrons. The summed E-state index contributed by atoms with van der Waals surface area (Å²) in [6.07, 6.45) is 3.24. The van der Waals surface area contributed by atoms with Gasteiger partial charge in [-0.05, 0) is 59.2 Å². The molecule has 0 radical (unpaired) electrons. The van der Waals surface area contributed by atoms with Gasteiger partial charge in [-0.2, -0.15) is 0 Å². The highest BCUT2D eigenvalue weighted by Crippen LogP contribution is 2.41. The zero-order valence-corrected chi connectivity index (χ0v) is 21.9. The number of nitrogens with zero attached hydrogens (tertiary/aromatic N) is 2. The second-order valence-electron chi connectivity index (χ2n) is 11.2. The maximum atomic E-state index is 12.4.